The van der Waals surface area contributed by atoms with Crippen LogP contribution in [0.4, 0.5) is 0 Å². The zero-order valence-electron chi connectivity index (χ0n) is 17.2. The number of carboxylic acid groups (broad SMARTS) is 1. The van der Waals surface area contributed by atoms with Crippen LogP contribution >= 0.6 is 0 Å². The van der Waals surface area contributed by atoms with Crippen LogP contribution in [0.5, 0.6) is 0 Å². The summed E-state index contributed by atoms with van der Waals surface area (Å²) in [5, 5.41) is 13.5. The fourth-order valence-corrected chi connectivity index (χ4v) is 5.02. The maximum atomic E-state index is 13.0. The minimum absolute atomic E-state index is 0.0959. The normalized spacial score (nSPS) is 21.2. The number of benzene rings is 1. The molecule has 0 spiro atoms. The average Bonchev–Trinajstić information content (AvgIpc) is 3.27. The SMILES string of the molecule is Cc1nn(-c2ccc(C(=O)N3CC4CCCCC4C3)cc2)c(C)c1CCC(=O)O. The number of carbonyl (C=O) groups excluding carboxylic acids is 1. The number of hydrogen-bond donors (Lipinski definition) is 1. The van der Waals surface area contributed by atoms with E-state index in [1.165, 1.54) is 25.7 Å². The van der Waals surface area contributed by atoms with Crippen LogP contribution in [0.15, 0.2) is 24.3 Å². The number of fused-ring (bicyclic) bond motifs is 1. The van der Waals surface area contributed by atoms with Gasteiger partial charge in [0, 0.05) is 30.8 Å². The third kappa shape index (κ3) is 3.93. The van der Waals surface area contributed by atoms with E-state index in [4.69, 9.17) is 5.11 Å². The van der Waals surface area contributed by atoms with E-state index in [1.807, 2.05) is 47.7 Å². The molecule has 0 bridgehead atoms. The van der Waals surface area contributed by atoms with Crippen molar-refractivity contribution in [3.05, 3.63) is 46.8 Å². The van der Waals surface area contributed by atoms with Gasteiger partial charge in [0.25, 0.3) is 5.91 Å². The van der Waals surface area contributed by atoms with Crippen LogP contribution in [0.25, 0.3) is 5.69 Å². The first-order chi connectivity index (χ1) is 13.9. The molecule has 1 saturated heterocycles. The van der Waals surface area contributed by atoms with E-state index < -0.39 is 5.97 Å². The number of aryl methyl sites for hydroxylation is 1. The van der Waals surface area contributed by atoms with E-state index in [2.05, 4.69) is 5.10 Å². The van der Waals surface area contributed by atoms with Crippen molar-refractivity contribution < 1.29 is 14.7 Å². The van der Waals surface area contributed by atoms with Crippen LogP contribution in [0.3, 0.4) is 0 Å². The summed E-state index contributed by atoms with van der Waals surface area (Å²) in [5.74, 6) is 0.694. The molecule has 6 nitrogen and oxygen atoms in total. The second kappa shape index (κ2) is 8.01. The van der Waals surface area contributed by atoms with E-state index in [1.54, 1.807) is 0 Å². The van der Waals surface area contributed by atoms with E-state index >= 15 is 0 Å². The summed E-state index contributed by atoms with van der Waals surface area (Å²) in [6, 6.07) is 7.62. The zero-order chi connectivity index (χ0) is 20.5. The topological polar surface area (TPSA) is 75.4 Å². The van der Waals surface area contributed by atoms with Gasteiger partial charge < -0.3 is 10.0 Å². The third-order valence-electron chi connectivity index (χ3n) is 6.65. The van der Waals surface area contributed by atoms with Crippen molar-refractivity contribution in [2.45, 2.75) is 52.4 Å². The van der Waals surface area contributed by atoms with Crippen molar-refractivity contribution >= 4 is 11.9 Å². The van der Waals surface area contributed by atoms with Gasteiger partial charge in [0.15, 0.2) is 0 Å². The Morgan fingerprint density at radius 3 is 2.28 bits per heavy atom. The Labute approximate surface area is 171 Å². The first-order valence-electron chi connectivity index (χ1n) is 10.6. The maximum absolute atomic E-state index is 13.0. The molecule has 2 atom stereocenters. The number of nitrogens with zero attached hydrogens (tertiary/aromatic N) is 3. The van der Waals surface area contributed by atoms with E-state index in [0.717, 1.165) is 41.3 Å². The number of likely N-dealkylation sites (tertiary alicyclic amines) is 1. The molecule has 2 fully saturated rings. The highest BCUT2D eigenvalue weighted by Gasteiger charge is 2.36. The molecule has 1 aromatic carbocycles. The second-order valence-corrected chi connectivity index (χ2v) is 8.52. The maximum Gasteiger partial charge on any atom is 0.303 e. The van der Waals surface area contributed by atoms with Gasteiger partial charge in [-0.1, -0.05) is 12.8 Å². The largest absolute Gasteiger partial charge is 0.481 e. The molecule has 0 radical (unpaired) electrons. The van der Waals surface area contributed by atoms with Crippen LogP contribution in [-0.2, 0) is 11.2 Å². The molecule has 1 saturated carbocycles. The van der Waals surface area contributed by atoms with Gasteiger partial charge in [-0.05, 0) is 74.8 Å². The predicted octanol–water partition coefficient (Wildman–Crippen LogP) is 3.77. The molecule has 1 aliphatic carbocycles. The van der Waals surface area contributed by atoms with Crippen LogP contribution in [0.1, 0.15) is 59.4 Å². The summed E-state index contributed by atoms with van der Waals surface area (Å²) in [7, 11) is 0. The lowest BCUT2D eigenvalue weighted by Crippen LogP contribution is -2.29. The van der Waals surface area contributed by atoms with Gasteiger partial charge in [0.2, 0.25) is 0 Å². The molecule has 1 aliphatic heterocycles. The first kappa shape index (κ1) is 19.7. The monoisotopic (exact) mass is 395 g/mol. The van der Waals surface area contributed by atoms with Crippen molar-refractivity contribution in [2.24, 2.45) is 11.8 Å². The smallest absolute Gasteiger partial charge is 0.303 e. The molecular formula is C23H29N3O3. The zero-order valence-corrected chi connectivity index (χ0v) is 17.2. The summed E-state index contributed by atoms with van der Waals surface area (Å²) >= 11 is 0. The number of aromatic nitrogens is 2. The van der Waals surface area contributed by atoms with Crippen molar-refractivity contribution in [2.75, 3.05) is 13.1 Å². The highest BCUT2D eigenvalue weighted by atomic mass is 16.4. The lowest BCUT2D eigenvalue weighted by molar-refractivity contribution is -0.136. The molecule has 29 heavy (non-hydrogen) atoms. The highest BCUT2D eigenvalue weighted by molar-refractivity contribution is 5.94. The summed E-state index contributed by atoms with van der Waals surface area (Å²) in [6.07, 6.45) is 5.69. The molecular weight excluding hydrogens is 366 g/mol. The number of carbonyl (C=O) groups is 2. The Morgan fingerprint density at radius 1 is 1.07 bits per heavy atom. The van der Waals surface area contributed by atoms with Crippen LogP contribution in [0.2, 0.25) is 0 Å². The molecule has 4 rings (SSSR count). The van der Waals surface area contributed by atoms with E-state index in [9.17, 15) is 9.59 Å². The summed E-state index contributed by atoms with van der Waals surface area (Å²) in [6.45, 7) is 5.67. The molecule has 6 heteroatoms. The molecule has 2 heterocycles. The van der Waals surface area contributed by atoms with Crippen molar-refractivity contribution in [3.63, 3.8) is 0 Å². The molecule has 1 aromatic heterocycles. The van der Waals surface area contributed by atoms with Gasteiger partial charge in [0.1, 0.15) is 0 Å². The minimum Gasteiger partial charge on any atom is -0.481 e. The summed E-state index contributed by atoms with van der Waals surface area (Å²) < 4.78 is 1.84. The number of hydrogen-bond acceptors (Lipinski definition) is 3. The van der Waals surface area contributed by atoms with Gasteiger partial charge in [-0.15, -0.1) is 0 Å². The Morgan fingerprint density at radius 2 is 1.69 bits per heavy atom. The standard InChI is InChI=1S/C23H29N3O3/c1-15-21(11-12-22(27)28)16(2)26(24-15)20-9-7-17(8-10-20)23(29)25-13-18-5-3-4-6-19(18)14-25/h7-10,18-19H,3-6,11-14H2,1-2H3,(H,27,28). The highest BCUT2D eigenvalue weighted by Crippen LogP contribution is 2.36. The number of amides is 1. The summed E-state index contributed by atoms with van der Waals surface area (Å²) in [5.41, 5.74) is 4.39. The predicted molar refractivity (Wildman–Crippen MR) is 110 cm³/mol. The Bertz CT molecular complexity index is 902. The molecule has 1 amide bonds. The quantitative estimate of drug-likeness (QED) is 0.836. The molecule has 2 unspecified atom stereocenters. The Balaban J connectivity index is 1.49. The number of rotatable bonds is 5. The van der Waals surface area contributed by atoms with Crippen LogP contribution < -0.4 is 0 Å². The number of carboxylic acids is 1. The Kier molecular flexibility index (Phi) is 5.43. The minimum atomic E-state index is -0.804. The number of aliphatic carboxylic acids is 1. The van der Waals surface area contributed by atoms with Crippen LogP contribution in [-0.4, -0.2) is 44.8 Å². The second-order valence-electron chi connectivity index (χ2n) is 8.52. The Hall–Kier alpha value is -2.63. The van der Waals surface area contributed by atoms with Gasteiger partial charge in [-0.2, -0.15) is 5.10 Å². The molecule has 154 valence electrons. The van der Waals surface area contributed by atoms with Crippen LogP contribution in [0, 0.1) is 25.7 Å². The lowest BCUT2D eigenvalue weighted by atomic mass is 9.82. The molecule has 2 aromatic rings. The third-order valence-corrected chi connectivity index (χ3v) is 6.65. The lowest BCUT2D eigenvalue weighted by Gasteiger charge is -2.22. The first-order valence-corrected chi connectivity index (χ1v) is 10.6. The molecule has 1 N–H and O–H groups in total. The fraction of sp³-hybridized carbons (Fsp3) is 0.522. The van der Waals surface area contributed by atoms with Gasteiger partial charge in [0.05, 0.1) is 11.4 Å². The van der Waals surface area contributed by atoms with Gasteiger partial charge in [-0.3, -0.25) is 9.59 Å². The average molecular weight is 396 g/mol. The van der Waals surface area contributed by atoms with Gasteiger partial charge >= 0.3 is 5.97 Å². The van der Waals surface area contributed by atoms with Crippen molar-refractivity contribution in [1.82, 2.24) is 14.7 Å². The van der Waals surface area contributed by atoms with Gasteiger partial charge in [-0.25, -0.2) is 4.68 Å². The molecule has 2 aliphatic rings. The van der Waals surface area contributed by atoms with E-state index in [-0.39, 0.29) is 12.3 Å². The van der Waals surface area contributed by atoms with E-state index in [0.29, 0.717) is 18.3 Å². The fourth-order valence-electron chi connectivity index (χ4n) is 5.02. The van der Waals surface area contributed by atoms with Crippen molar-refractivity contribution in [1.29, 1.82) is 0 Å². The van der Waals surface area contributed by atoms with Crippen molar-refractivity contribution in [3.8, 4) is 5.69 Å². The summed E-state index contributed by atoms with van der Waals surface area (Å²) in [4.78, 5) is 25.9.